The van der Waals surface area contributed by atoms with Gasteiger partial charge in [0.25, 0.3) is 0 Å². The number of hydrogen-bond acceptors (Lipinski definition) is 6. The highest BCUT2D eigenvalue weighted by Crippen LogP contribution is 2.38. The minimum Gasteiger partial charge on any atom is -0.393 e. The third-order valence-electron chi connectivity index (χ3n) is 3.00. The molecule has 0 aromatic rings. The van der Waals surface area contributed by atoms with Crippen molar-refractivity contribution in [2.45, 2.75) is 24.1 Å². The van der Waals surface area contributed by atoms with Crippen LogP contribution in [0.3, 0.4) is 0 Å². The second kappa shape index (κ2) is 3.80. The van der Waals surface area contributed by atoms with Crippen LogP contribution in [0.15, 0.2) is 4.99 Å². The molecule has 2 rings (SSSR count). The van der Waals surface area contributed by atoms with Gasteiger partial charge in [0.05, 0.1) is 25.2 Å². The topological polar surface area (TPSA) is 91.5 Å². The van der Waals surface area contributed by atoms with Crippen molar-refractivity contribution < 1.29 is 24.8 Å². The van der Waals surface area contributed by atoms with Crippen LogP contribution in [-0.2, 0) is 9.47 Å². The summed E-state index contributed by atoms with van der Waals surface area (Å²) in [6.45, 7) is -0.293. The molecule has 2 aliphatic rings. The van der Waals surface area contributed by atoms with Crippen molar-refractivity contribution in [3.8, 4) is 0 Å². The van der Waals surface area contributed by atoms with Gasteiger partial charge in [-0.25, -0.2) is 0 Å². The molecule has 15 heavy (non-hydrogen) atoms. The maximum atomic E-state index is 9.84. The number of nitrogens with zero attached hydrogens (tertiary/aromatic N) is 1. The number of hydrogen-bond donors (Lipinski definition) is 3. The van der Waals surface area contributed by atoms with Gasteiger partial charge in [0.1, 0.15) is 11.7 Å². The van der Waals surface area contributed by atoms with Gasteiger partial charge >= 0.3 is 0 Å². The first-order chi connectivity index (χ1) is 7.14. The first-order valence-electron chi connectivity index (χ1n) is 4.83. The van der Waals surface area contributed by atoms with Gasteiger partial charge in [-0.15, -0.1) is 0 Å². The molecule has 2 fully saturated rings. The zero-order chi connectivity index (χ0) is 11.1. The van der Waals surface area contributed by atoms with Crippen molar-refractivity contribution >= 4 is 6.21 Å². The zero-order valence-corrected chi connectivity index (χ0v) is 8.41. The van der Waals surface area contributed by atoms with E-state index in [4.69, 9.17) is 14.6 Å². The highest BCUT2D eigenvalue weighted by atomic mass is 16.7. The lowest BCUT2D eigenvalue weighted by atomic mass is 9.85. The fraction of sp³-hybridized carbons (Fsp3) is 0.889. The van der Waals surface area contributed by atoms with Gasteiger partial charge in [-0.1, -0.05) is 0 Å². The number of ether oxygens (including phenoxy) is 2. The molecular weight excluding hydrogens is 202 g/mol. The summed E-state index contributed by atoms with van der Waals surface area (Å²) in [7, 11) is 1.57. The largest absolute Gasteiger partial charge is 0.393 e. The second-order valence-electron chi connectivity index (χ2n) is 3.94. The molecule has 2 saturated heterocycles. The van der Waals surface area contributed by atoms with E-state index in [-0.39, 0.29) is 13.2 Å². The lowest BCUT2D eigenvalue weighted by molar-refractivity contribution is -0.233. The summed E-state index contributed by atoms with van der Waals surface area (Å²) in [4.78, 5) is 3.79. The predicted octanol–water partition coefficient (Wildman–Crippen LogP) is -1.86. The van der Waals surface area contributed by atoms with Gasteiger partial charge in [-0.05, 0) is 0 Å². The molecule has 6 heteroatoms. The SMILES string of the molecule is C/N=C\C1[C@H]2OC[C@](CO)(O2)[C@H](O)[C@@H]1O. The molecule has 86 valence electrons. The number of fused-ring (bicyclic) bond motifs is 2. The Bertz CT molecular complexity index is 271. The van der Waals surface area contributed by atoms with Gasteiger partial charge in [0.15, 0.2) is 6.29 Å². The Morgan fingerprint density at radius 2 is 2.27 bits per heavy atom. The Balaban J connectivity index is 2.25. The Hall–Kier alpha value is -0.530. The van der Waals surface area contributed by atoms with E-state index in [0.717, 1.165) is 0 Å². The predicted molar refractivity (Wildman–Crippen MR) is 50.6 cm³/mol. The number of aliphatic hydroxyl groups excluding tert-OH is 3. The summed E-state index contributed by atoms with van der Waals surface area (Å²) in [6, 6.07) is 0. The fourth-order valence-electron chi connectivity index (χ4n) is 2.06. The first kappa shape index (κ1) is 11.0. The van der Waals surface area contributed by atoms with Crippen molar-refractivity contribution in [1.29, 1.82) is 0 Å². The molecule has 0 amide bonds. The van der Waals surface area contributed by atoms with Crippen LogP contribution >= 0.6 is 0 Å². The molecule has 2 bridgehead atoms. The first-order valence-corrected chi connectivity index (χ1v) is 4.83. The summed E-state index contributed by atoms with van der Waals surface area (Å²) in [6.07, 6.45) is -1.34. The average molecular weight is 217 g/mol. The van der Waals surface area contributed by atoms with Gasteiger partial charge in [-0.2, -0.15) is 0 Å². The quantitative estimate of drug-likeness (QED) is 0.472. The van der Waals surface area contributed by atoms with E-state index in [1.165, 1.54) is 6.21 Å². The monoisotopic (exact) mass is 217 g/mol. The minimum absolute atomic E-state index is 0.0838. The molecule has 3 N–H and O–H groups in total. The second-order valence-corrected chi connectivity index (χ2v) is 3.94. The van der Waals surface area contributed by atoms with E-state index >= 15 is 0 Å². The number of rotatable bonds is 2. The maximum absolute atomic E-state index is 9.84. The van der Waals surface area contributed by atoms with Crippen LogP contribution in [0.2, 0.25) is 0 Å². The highest BCUT2D eigenvalue weighted by Gasteiger charge is 2.58. The zero-order valence-electron chi connectivity index (χ0n) is 8.41. The number of aliphatic hydroxyl groups is 3. The van der Waals surface area contributed by atoms with Crippen LogP contribution in [0, 0.1) is 5.92 Å². The summed E-state index contributed by atoms with van der Waals surface area (Å²) in [5.74, 6) is -0.493. The third kappa shape index (κ3) is 1.49. The average Bonchev–Trinajstić information content (AvgIpc) is 2.65. The van der Waals surface area contributed by atoms with E-state index in [0.29, 0.717) is 0 Å². The van der Waals surface area contributed by atoms with Crippen LogP contribution in [0.5, 0.6) is 0 Å². The molecule has 0 radical (unpaired) electrons. The van der Waals surface area contributed by atoms with Crippen LogP contribution in [0.4, 0.5) is 0 Å². The molecule has 6 nitrogen and oxygen atoms in total. The summed E-state index contributed by atoms with van der Waals surface area (Å²) < 4.78 is 10.7. The van der Waals surface area contributed by atoms with Crippen molar-refractivity contribution in [3.05, 3.63) is 0 Å². The molecule has 0 spiro atoms. The van der Waals surface area contributed by atoms with E-state index in [1.54, 1.807) is 7.05 Å². The maximum Gasteiger partial charge on any atom is 0.169 e. The standard InChI is InChI=1S/C9H15NO5/c1-10-2-5-6(12)7(13)9(3-11)4-14-8(5)15-9/h2,5-8,11-13H,3-4H2,1H3/b10-2-/t5?,6-,7-,8+,9+/m1/s1. The summed E-state index contributed by atoms with van der Waals surface area (Å²) in [5, 5.41) is 28.8. The van der Waals surface area contributed by atoms with Crippen molar-refractivity contribution in [3.63, 3.8) is 0 Å². The van der Waals surface area contributed by atoms with Crippen LogP contribution < -0.4 is 0 Å². The van der Waals surface area contributed by atoms with E-state index < -0.39 is 30.0 Å². The van der Waals surface area contributed by atoms with Gasteiger partial charge in [0.2, 0.25) is 0 Å². The lowest BCUT2D eigenvalue weighted by Crippen LogP contribution is -2.60. The summed E-state index contributed by atoms with van der Waals surface area (Å²) >= 11 is 0. The van der Waals surface area contributed by atoms with Crippen LogP contribution in [0.25, 0.3) is 0 Å². The normalized spacial score (nSPS) is 50.1. The molecule has 0 aromatic carbocycles. The lowest BCUT2D eigenvalue weighted by Gasteiger charge is -2.40. The fourth-order valence-corrected chi connectivity index (χ4v) is 2.06. The van der Waals surface area contributed by atoms with Crippen LogP contribution in [0.1, 0.15) is 0 Å². The summed E-state index contributed by atoms with van der Waals surface area (Å²) in [5.41, 5.74) is -1.18. The third-order valence-corrected chi connectivity index (χ3v) is 3.00. The van der Waals surface area contributed by atoms with E-state index in [9.17, 15) is 10.2 Å². The van der Waals surface area contributed by atoms with Gasteiger partial charge in [-0.3, -0.25) is 0 Å². The minimum atomic E-state index is -1.18. The van der Waals surface area contributed by atoms with Gasteiger partial charge < -0.3 is 29.8 Å². The highest BCUT2D eigenvalue weighted by molar-refractivity contribution is 5.62. The number of aliphatic imine (C=N–C) groups is 1. The smallest absolute Gasteiger partial charge is 0.169 e. The van der Waals surface area contributed by atoms with E-state index in [1.807, 2.05) is 0 Å². The van der Waals surface area contributed by atoms with Crippen molar-refractivity contribution in [2.24, 2.45) is 10.9 Å². The van der Waals surface area contributed by atoms with Crippen molar-refractivity contribution in [1.82, 2.24) is 0 Å². The molecular formula is C9H15NO5. The molecule has 2 heterocycles. The van der Waals surface area contributed by atoms with Crippen molar-refractivity contribution in [2.75, 3.05) is 20.3 Å². The van der Waals surface area contributed by atoms with E-state index in [2.05, 4.69) is 4.99 Å². The Morgan fingerprint density at radius 1 is 1.53 bits per heavy atom. The molecule has 2 aliphatic heterocycles. The molecule has 0 saturated carbocycles. The molecule has 0 aliphatic carbocycles. The Labute approximate surface area is 87.2 Å². The van der Waals surface area contributed by atoms with Gasteiger partial charge in [0, 0.05) is 13.3 Å². The Kier molecular flexibility index (Phi) is 2.78. The molecule has 0 aromatic heterocycles. The van der Waals surface area contributed by atoms with Crippen LogP contribution in [-0.4, -0.2) is 65.9 Å². The molecule has 5 atom stereocenters. The Morgan fingerprint density at radius 3 is 2.87 bits per heavy atom. The molecule has 1 unspecified atom stereocenters.